The van der Waals surface area contributed by atoms with Crippen molar-refractivity contribution >= 4 is 10.3 Å². The minimum absolute atomic E-state index is 0. The number of aliphatic hydroxyl groups excluding tert-OH is 2. The van der Waals surface area contributed by atoms with Crippen LogP contribution in [0.25, 0.3) is 0 Å². The third-order valence-electron chi connectivity index (χ3n) is 1.03. The number of rotatable bonds is 5. The molecule has 0 saturated carbocycles. The summed E-state index contributed by atoms with van der Waals surface area (Å²) >= 11 is 0. The van der Waals surface area contributed by atoms with E-state index < -0.39 is 10.3 Å². The fourth-order valence-corrected chi connectivity index (χ4v) is 1.19. The van der Waals surface area contributed by atoms with Gasteiger partial charge in [-0.3, -0.25) is 4.55 Å². The van der Waals surface area contributed by atoms with Crippen LogP contribution in [0.5, 0.6) is 0 Å². The Morgan fingerprint density at radius 1 is 1.08 bits per heavy atom. The predicted octanol–water partition coefficient (Wildman–Crippen LogP) is -1.29. The lowest BCUT2D eigenvalue weighted by Crippen LogP contribution is -2.35. The van der Waals surface area contributed by atoms with Gasteiger partial charge in [0.15, 0.2) is 0 Å². The van der Waals surface area contributed by atoms with Crippen LogP contribution in [0.3, 0.4) is 0 Å². The molecule has 0 saturated heterocycles. The summed E-state index contributed by atoms with van der Waals surface area (Å²) in [5.74, 6) is 0. The van der Waals surface area contributed by atoms with Gasteiger partial charge in [-0.25, -0.2) is 0 Å². The summed E-state index contributed by atoms with van der Waals surface area (Å²) in [5.41, 5.74) is 0. The maximum Gasteiger partial charge on any atom is 0.336 e. The Labute approximate surface area is 72.3 Å². The Bertz CT molecular complexity index is 184. The molecule has 3 N–H and O–H groups in total. The standard InChI is InChI=1S/C4H11NO5S.CH4/c6-3-1-5(2-4-7)11(8,9)10;/h6-7H,1-4H2,(H,8,9,10);1H4. The molecule has 0 spiro atoms. The van der Waals surface area contributed by atoms with Gasteiger partial charge >= 0.3 is 10.3 Å². The first-order chi connectivity index (χ1) is 5.02. The van der Waals surface area contributed by atoms with Crippen molar-refractivity contribution in [1.82, 2.24) is 4.31 Å². The summed E-state index contributed by atoms with van der Waals surface area (Å²) in [5, 5.41) is 16.7. The Morgan fingerprint density at radius 3 is 1.58 bits per heavy atom. The monoisotopic (exact) mass is 201 g/mol. The molecule has 0 unspecified atom stereocenters. The van der Waals surface area contributed by atoms with Crippen LogP contribution in [0.1, 0.15) is 7.43 Å². The molecule has 12 heavy (non-hydrogen) atoms. The van der Waals surface area contributed by atoms with Crippen molar-refractivity contribution in [2.24, 2.45) is 0 Å². The highest BCUT2D eigenvalue weighted by molar-refractivity contribution is 7.83. The Hall–Kier alpha value is -0.210. The fraction of sp³-hybridized carbons (Fsp3) is 1.00. The lowest BCUT2D eigenvalue weighted by molar-refractivity contribution is 0.208. The summed E-state index contributed by atoms with van der Waals surface area (Å²) in [6, 6.07) is 0. The van der Waals surface area contributed by atoms with E-state index in [1.165, 1.54) is 0 Å². The van der Waals surface area contributed by atoms with E-state index in [0.29, 0.717) is 4.31 Å². The third-order valence-corrected chi connectivity index (χ3v) is 2.04. The zero-order valence-electron chi connectivity index (χ0n) is 5.84. The van der Waals surface area contributed by atoms with Crippen molar-refractivity contribution in [3.05, 3.63) is 0 Å². The maximum absolute atomic E-state index is 10.4. The van der Waals surface area contributed by atoms with E-state index in [-0.39, 0.29) is 33.7 Å². The molecule has 0 aromatic carbocycles. The molecule has 0 fully saturated rings. The van der Waals surface area contributed by atoms with Crippen molar-refractivity contribution < 1.29 is 23.2 Å². The van der Waals surface area contributed by atoms with Gasteiger partial charge in [-0.15, -0.1) is 0 Å². The minimum Gasteiger partial charge on any atom is -0.395 e. The summed E-state index contributed by atoms with van der Waals surface area (Å²) in [6.07, 6.45) is 0. The molecular formula is C5H15NO5S. The van der Waals surface area contributed by atoms with Gasteiger partial charge in [0.2, 0.25) is 0 Å². The van der Waals surface area contributed by atoms with Crippen LogP contribution < -0.4 is 0 Å². The summed E-state index contributed by atoms with van der Waals surface area (Å²) in [6.45, 7) is -1.20. The van der Waals surface area contributed by atoms with Crippen LogP contribution in [0.2, 0.25) is 0 Å². The molecule has 76 valence electrons. The van der Waals surface area contributed by atoms with Gasteiger partial charge in [0.1, 0.15) is 0 Å². The third kappa shape index (κ3) is 5.44. The molecule has 0 aliphatic carbocycles. The molecule has 0 aromatic rings. The van der Waals surface area contributed by atoms with Crippen LogP contribution in [0, 0.1) is 0 Å². The second kappa shape index (κ2) is 6.32. The van der Waals surface area contributed by atoms with Crippen molar-refractivity contribution in [3.8, 4) is 0 Å². The van der Waals surface area contributed by atoms with Crippen LogP contribution in [-0.2, 0) is 10.3 Å². The van der Waals surface area contributed by atoms with Gasteiger partial charge in [-0.1, -0.05) is 7.43 Å². The molecular weight excluding hydrogens is 186 g/mol. The molecule has 0 aliphatic rings. The highest BCUT2D eigenvalue weighted by Gasteiger charge is 2.16. The molecule has 0 aliphatic heterocycles. The minimum atomic E-state index is -4.28. The van der Waals surface area contributed by atoms with E-state index in [0.717, 1.165) is 0 Å². The van der Waals surface area contributed by atoms with E-state index in [4.69, 9.17) is 14.8 Å². The molecule has 0 bridgehead atoms. The van der Waals surface area contributed by atoms with E-state index in [9.17, 15) is 8.42 Å². The van der Waals surface area contributed by atoms with Gasteiger partial charge in [-0.2, -0.15) is 12.7 Å². The maximum atomic E-state index is 10.4. The van der Waals surface area contributed by atoms with Gasteiger partial charge in [-0.05, 0) is 0 Å². The quantitative estimate of drug-likeness (QED) is 0.481. The van der Waals surface area contributed by atoms with Crippen molar-refractivity contribution in [2.75, 3.05) is 26.3 Å². The molecule has 0 amide bonds. The fourth-order valence-electron chi connectivity index (χ4n) is 0.566. The van der Waals surface area contributed by atoms with E-state index in [2.05, 4.69) is 0 Å². The normalized spacial score (nSPS) is 11.3. The first kappa shape index (κ1) is 14.3. The SMILES string of the molecule is C.O=S(=O)(O)N(CCO)CCO. The number of aliphatic hydroxyl groups is 2. The highest BCUT2D eigenvalue weighted by Crippen LogP contribution is 1.94. The first-order valence-electron chi connectivity index (χ1n) is 2.96. The number of hydrogen-bond acceptors (Lipinski definition) is 4. The second-order valence-corrected chi connectivity index (χ2v) is 3.24. The number of hydrogen-bond donors (Lipinski definition) is 3. The van der Waals surface area contributed by atoms with Gasteiger partial charge < -0.3 is 10.2 Å². The van der Waals surface area contributed by atoms with Crippen molar-refractivity contribution in [2.45, 2.75) is 7.43 Å². The molecule has 6 nitrogen and oxygen atoms in total. The summed E-state index contributed by atoms with van der Waals surface area (Å²) in [4.78, 5) is 0. The largest absolute Gasteiger partial charge is 0.395 e. The molecule has 0 radical (unpaired) electrons. The van der Waals surface area contributed by atoms with Crippen molar-refractivity contribution in [1.29, 1.82) is 0 Å². The Kier molecular flexibility index (Phi) is 7.54. The van der Waals surface area contributed by atoms with E-state index in [1.54, 1.807) is 0 Å². The first-order valence-corrected chi connectivity index (χ1v) is 4.36. The van der Waals surface area contributed by atoms with Gasteiger partial charge in [0, 0.05) is 13.1 Å². The predicted molar refractivity (Wildman–Crippen MR) is 44.0 cm³/mol. The zero-order chi connectivity index (χ0) is 8.91. The van der Waals surface area contributed by atoms with Crippen LogP contribution in [0.4, 0.5) is 0 Å². The van der Waals surface area contributed by atoms with E-state index >= 15 is 0 Å². The van der Waals surface area contributed by atoms with Gasteiger partial charge in [0.05, 0.1) is 13.2 Å². The molecule has 0 rings (SSSR count). The molecule has 0 heterocycles. The van der Waals surface area contributed by atoms with Crippen LogP contribution in [-0.4, -0.2) is 53.8 Å². The van der Waals surface area contributed by atoms with E-state index in [1.807, 2.05) is 0 Å². The lowest BCUT2D eigenvalue weighted by Gasteiger charge is -2.14. The Balaban J connectivity index is 0. The lowest BCUT2D eigenvalue weighted by atomic mass is 10.6. The molecule has 0 aromatic heterocycles. The number of nitrogens with zero attached hydrogens (tertiary/aromatic N) is 1. The van der Waals surface area contributed by atoms with Crippen molar-refractivity contribution in [3.63, 3.8) is 0 Å². The molecule has 0 atom stereocenters. The zero-order valence-corrected chi connectivity index (χ0v) is 6.66. The Morgan fingerprint density at radius 2 is 1.42 bits per heavy atom. The second-order valence-electron chi connectivity index (χ2n) is 1.82. The van der Waals surface area contributed by atoms with Crippen LogP contribution >= 0.6 is 0 Å². The highest BCUT2D eigenvalue weighted by atomic mass is 32.2. The molecule has 7 heteroatoms. The average molecular weight is 201 g/mol. The topological polar surface area (TPSA) is 98.1 Å². The van der Waals surface area contributed by atoms with Crippen LogP contribution in [0.15, 0.2) is 0 Å². The average Bonchev–Trinajstić information content (AvgIpc) is 1.85. The smallest absolute Gasteiger partial charge is 0.336 e. The summed E-state index contributed by atoms with van der Waals surface area (Å²) < 4.78 is 29.7. The summed E-state index contributed by atoms with van der Waals surface area (Å²) in [7, 11) is -4.28. The van der Waals surface area contributed by atoms with Gasteiger partial charge in [0.25, 0.3) is 0 Å².